The van der Waals surface area contributed by atoms with Gasteiger partial charge in [-0.05, 0) is 36.8 Å². The van der Waals surface area contributed by atoms with Gasteiger partial charge in [0.05, 0.1) is 16.5 Å². The Morgan fingerprint density at radius 1 is 1.30 bits per heavy atom. The topological polar surface area (TPSA) is 116 Å². The van der Waals surface area contributed by atoms with E-state index in [2.05, 4.69) is 14.9 Å². The first-order valence-electron chi connectivity index (χ1n) is 5.52. The summed E-state index contributed by atoms with van der Waals surface area (Å²) in [4.78, 5) is 10.9. The van der Waals surface area contributed by atoms with E-state index in [1.807, 2.05) is 6.07 Å². The third-order valence-electron chi connectivity index (χ3n) is 2.51. The van der Waals surface area contributed by atoms with Crippen molar-refractivity contribution in [1.29, 1.82) is 5.26 Å². The van der Waals surface area contributed by atoms with Crippen LogP contribution in [0.2, 0.25) is 0 Å². The molecular weight excluding hydrogens is 280 g/mol. The van der Waals surface area contributed by atoms with Crippen molar-refractivity contribution in [3.63, 3.8) is 0 Å². The molecule has 0 fully saturated rings. The van der Waals surface area contributed by atoms with Crippen LogP contribution in [0.25, 0.3) is 0 Å². The molecule has 0 atom stereocenters. The normalized spacial score (nSPS) is 10.8. The maximum atomic E-state index is 12.2. The molecule has 0 unspecified atom stereocenters. The number of nitrogens with zero attached hydrogens (tertiary/aromatic N) is 2. The average molecular weight is 290 g/mol. The monoisotopic (exact) mass is 290 g/mol. The molecule has 0 aliphatic rings. The van der Waals surface area contributed by atoms with Gasteiger partial charge in [-0.15, -0.1) is 0 Å². The van der Waals surface area contributed by atoms with Crippen LogP contribution in [-0.4, -0.2) is 18.6 Å². The Morgan fingerprint density at radius 3 is 2.60 bits per heavy atom. The molecule has 0 aliphatic carbocycles. The maximum Gasteiger partial charge on any atom is 0.264 e. The van der Waals surface area contributed by atoms with Crippen molar-refractivity contribution in [2.45, 2.75) is 11.8 Å². The highest BCUT2D eigenvalue weighted by Gasteiger charge is 2.17. The van der Waals surface area contributed by atoms with Crippen molar-refractivity contribution in [2.75, 3.05) is 4.72 Å². The number of sulfonamides is 1. The molecule has 1 heterocycles. The summed E-state index contributed by atoms with van der Waals surface area (Å²) >= 11 is 0. The number of anilines is 1. The van der Waals surface area contributed by atoms with Crippen molar-refractivity contribution in [3.8, 4) is 6.07 Å². The summed E-state index contributed by atoms with van der Waals surface area (Å²) in [5.41, 5.74) is 0.395. The molecule has 0 bridgehead atoms. The Labute approximate surface area is 114 Å². The van der Waals surface area contributed by atoms with Gasteiger partial charge in [0.25, 0.3) is 15.6 Å². The molecule has 102 valence electrons. The lowest BCUT2D eigenvalue weighted by Gasteiger charge is -2.09. The first-order chi connectivity index (χ1) is 9.42. The van der Waals surface area contributed by atoms with Gasteiger partial charge >= 0.3 is 0 Å². The highest BCUT2D eigenvalue weighted by Crippen LogP contribution is 2.18. The highest BCUT2D eigenvalue weighted by molar-refractivity contribution is 7.92. The highest BCUT2D eigenvalue weighted by atomic mass is 32.2. The Bertz CT molecular complexity index is 829. The van der Waals surface area contributed by atoms with Crippen LogP contribution in [0, 0.1) is 18.3 Å². The van der Waals surface area contributed by atoms with E-state index in [4.69, 9.17) is 5.26 Å². The predicted octanol–water partition coefficient (Wildman–Crippen LogP) is 0.751. The number of hydrogen-bond acceptors (Lipinski definition) is 5. The first kappa shape index (κ1) is 13.8. The second-order valence-corrected chi connectivity index (χ2v) is 5.65. The largest absolute Gasteiger partial charge is 0.268 e. The van der Waals surface area contributed by atoms with E-state index in [1.54, 1.807) is 6.92 Å². The molecule has 0 aliphatic heterocycles. The molecule has 1 aromatic heterocycles. The van der Waals surface area contributed by atoms with Gasteiger partial charge in [0.2, 0.25) is 0 Å². The fourth-order valence-corrected chi connectivity index (χ4v) is 2.84. The first-order valence-corrected chi connectivity index (χ1v) is 7.00. The molecule has 1 aromatic carbocycles. The Kier molecular flexibility index (Phi) is 3.54. The molecule has 0 radical (unpaired) electrons. The lowest BCUT2D eigenvalue weighted by molar-refractivity contribution is 0.600. The smallest absolute Gasteiger partial charge is 0.264 e. The van der Waals surface area contributed by atoms with Gasteiger partial charge in [0.15, 0.2) is 5.82 Å². The maximum absolute atomic E-state index is 12.2. The van der Waals surface area contributed by atoms with Crippen molar-refractivity contribution >= 4 is 15.8 Å². The van der Waals surface area contributed by atoms with Gasteiger partial charge in [-0.2, -0.15) is 10.4 Å². The zero-order chi connectivity index (χ0) is 14.8. The van der Waals surface area contributed by atoms with E-state index >= 15 is 0 Å². The summed E-state index contributed by atoms with van der Waals surface area (Å²) in [5, 5.41) is 14.5. The fourth-order valence-electron chi connectivity index (χ4n) is 1.61. The van der Waals surface area contributed by atoms with Crippen molar-refractivity contribution < 1.29 is 8.42 Å². The van der Waals surface area contributed by atoms with Gasteiger partial charge < -0.3 is 0 Å². The Balaban J connectivity index is 2.38. The second kappa shape index (κ2) is 5.14. The summed E-state index contributed by atoms with van der Waals surface area (Å²) in [6.07, 6.45) is 0. The molecule has 0 saturated carbocycles. The Morgan fingerprint density at radius 2 is 2.05 bits per heavy atom. The van der Waals surface area contributed by atoms with Crippen molar-refractivity contribution in [3.05, 3.63) is 51.8 Å². The standard InChI is InChI=1S/C12H10N4O3S/c1-8-6-9(7-13)2-3-10(8)20(18,19)16-11-4-5-12(17)15-14-11/h2-6H,1H3,(H,14,16)(H,15,17). The van der Waals surface area contributed by atoms with Crippen LogP contribution in [0.1, 0.15) is 11.1 Å². The van der Waals surface area contributed by atoms with Gasteiger partial charge in [0, 0.05) is 6.07 Å². The summed E-state index contributed by atoms with van der Waals surface area (Å²) in [6, 6.07) is 8.61. The molecule has 20 heavy (non-hydrogen) atoms. The van der Waals surface area contributed by atoms with Crippen molar-refractivity contribution in [1.82, 2.24) is 10.2 Å². The summed E-state index contributed by atoms with van der Waals surface area (Å²) < 4.78 is 26.6. The second-order valence-electron chi connectivity index (χ2n) is 4.00. The van der Waals surface area contributed by atoms with E-state index in [0.29, 0.717) is 11.1 Å². The summed E-state index contributed by atoms with van der Waals surface area (Å²) in [5.74, 6) is 0.00774. The van der Waals surface area contributed by atoms with Crippen LogP contribution >= 0.6 is 0 Å². The molecule has 7 nitrogen and oxygen atoms in total. The number of aryl methyl sites for hydroxylation is 1. The third-order valence-corrected chi connectivity index (χ3v) is 4.03. The van der Waals surface area contributed by atoms with Gasteiger partial charge in [-0.25, -0.2) is 13.5 Å². The molecule has 0 amide bonds. The van der Waals surface area contributed by atoms with Crippen LogP contribution in [0.5, 0.6) is 0 Å². The van der Waals surface area contributed by atoms with E-state index in [0.717, 1.165) is 6.07 Å². The molecule has 2 aromatic rings. The van der Waals surface area contributed by atoms with Crippen LogP contribution in [-0.2, 0) is 10.0 Å². The number of H-pyrrole nitrogens is 1. The van der Waals surface area contributed by atoms with E-state index in [9.17, 15) is 13.2 Å². The number of aromatic amines is 1. The van der Waals surface area contributed by atoms with Gasteiger partial charge in [0.1, 0.15) is 0 Å². The van der Waals surface area contributed by atoms with Crippen molar-refractivity contribution in [2.24, 2.45) is 0 Å². The van der Waals surface area contributed by atoms with Gasteiger partial charge in [-0.1, -0.05) is 0 Å². The minimum absolute atomic E-state index is 0.00774. The molecule has 0 saturated heterocycles. The lowest BCUT2D eigenvalue weighted by Crippen LogP contribution is -2.17. The SMILES string of the molecule is Cc1cc(C#N)ccc1S(=O)(=O)Nc1ccc(=O)[nH]n1. The van der Waals surface area contributed by atoms with Crippen LogP contribution in [0.3, 0.4) is 0 Å². The average Bonchev–Trinajstić information content (AvgIpc) is 2.40. The van der Waals surface area contributed by atoms with Crippen LogP contribution in [0.4, 0.5) is 5.82 Å². The molecule has 0 spiro atoms. The number of nitriles is 1. The molecule has 8 heteroatoms. The molecular formula is C12H10N4O3S. The van der Waals surface area contributed by atoms with E-state index in [1.165, 1.54) is 24.3 Å². The molecule has 2 rings (SSSR count). The number of hydrogen-bond donors (Lipinski definition) is 2. The van der Waals surface area contributed by atoms with E-state index < -0.39 is 15.6 Å². The van der Waals surface area contributed by atoms with Gasteiger partial charge in [-0.3, -0.25) is 9.52 Å². The number of benzene rings is 1. The van der Waals surface area contributed by atoms with Crippen LogP contribution < -0.4 is 10.3 Å². The lowest BCUT2D eigenvalue weighted by atomic mass is 10.2. The number of nitrogens with one attached hydrogen (secondary N) is 2. The minimum atomic E-state index is -3.83. The zero-order valence-corrected chi connectivity index (χ0v) is 11.2. The quantitative estimate of drug-likeness (QED) is 0.865. The van der Waals surface area contributed by atoms with Crippen LogP contribution in [0.15, 0.2) is 40.0 Å². The van der Waals surface area contributed by atoms with E-state index in [-0.39, 0.29) is 10.7 Å². The summed E-state index contributed by atoms with van der Waals surface area (Å²) in [7, 11) is -3.83. The minimum Gasteiger partial charge on any atom is -0.268 e. The summed E-state index contributed by atoms with van der Waals surface area (Å²) in [6.45, 7) is 1.59. The zero-order valence-electron chi connectivity index (χ0n) is 10.4. The number of aromatic nitrogens is 2. The number of rotatable bonds is 3. The Hall–Kier alpha value is -2.66. The third kappa shape index (κ3) is 2.84. The molecule has 2 N–H and O–H groups in total. The predicted molar refractivity (Wildman–Crippen MR) is 71.6 cm³/mol. The fraction of sp³-hybridized carbons (Fsp3) is 0.0833.